The lowest BCUT2D eigenvalue weighted by molar-refractivity contribution is 0.0143. The summed E-state index contributed by atoms with van der Waals surface area (Å²) >= 11 is 0. The van der Waals surface area contributed by atoms with Gasteiger partial charge in [-0.05, 0) is 38.7 Å². The molecule has 0 bridgehead atoms. The Morgan fingerprint density at radius 1 is 1.32 bits per heavy atom. The highest BCUT2D eigenvalue weighted by Gasteiger charge is 2.30. The Hall–Kier alpha value is -1.55. The monoisotopic (exact) mass is 304 g/mol. The van der Waals surface area contributed by atoms with Crippen LogP contribution in [0.4, 0.5) is 4.79 Å². The smallest absolute Gasteiger partial charge is 0.410 e. The lowest BCUT2D eigenvalue weighted by atomic mass is 9.94. The number of piperidine rings is 1. The molecule has 0 aromatic heterocycles. The summed E-state index contributed by atoms with van der Waals surface area (Å²) < 4.78 is 5.46. The molecule has 2 rings (SSSR count). The second-order valence-electron chi connectivity index (χ2n) is 7.17. The topological polar surface area (TPSA) is 41.6 Å². The zero-order valence-corrected chi connectivity index (χ0v) is 14.1. The fourth-order valence-electron chi connectivity index (χ4n) is 2.79. The predicted octanol–water partition coefficient (Wildman–Crippen LogP) is 3.42. The van der Waals surface area contributed by atoms with Gasteiger partial charge in [-0.15, -0.1) is 0 Å². The molecule has 22 heavy (non-hydrogen) atoms. The highest BCUT2D eigenvalue weighted by atomic mass is 16.6. The molecule has 1 aromatic carbocycles. The summed E-state index contributed by atoms with van der Waals surface area (Å²) in [6.07, 6.45) is 0.772. The van der Waals surface area contributed by atoms with Crippen LogP contribution in [0, 0.1) is 5.92 Å². The molecule has 1 fully saturated rings. The second-order valence-corrected chi connectivity index (χ2v) is 7.17. The van der Waals surface area contributed by atoms with Crippen LogP contribution in [0.2, 0.25) is 0 Å². The third-order valence-electron chi connectivity index (χ3n) is 3.97. The maximum Gasteiger partial charge on any atom is 0.410 e. The van der Waals surface area contributed by atoms with Crippen LogP contribution >= 0.6 is 0 Å². The van der Waals surface area contributed by atoms with Crippen molar-refractivity contribution < 1.29 is 9.53 Å². The minimum absolute atomic E-state index is 0.194. The van der Waals surface area contributed by atoms with Gasteiger partial charge in [-0.3, -0.25) is 0 Å². The Balaban J connectivity index is 1.81. The van der Waals surface area contributed by atoms with E-state index in [1.807, 2.05) is 31.7 Å². The molecule has 0 aliphatic carbocycles. The number of amides is 1. The van der Waals surface area contributed by atoms with E-state index in [0.717, 1.165) is 26.1 Å². The number of nitrogens with one attached hydrogen (secondary N) is 1. The van der Waals surface area contributed by atoms with Crippen LogP contribution in [0.5, 0.6) is 0 Å². The molecule has 0 spiro atoms. The van der Waals surface area contributed by atoms with Gasteiger partial charge < -0.3 is 15.0 Å². The fourth-order valence-corrected chi connectivity index (χ4v) is 2.79. The van der Waals surface area contributed by atoms with Crippen molar-refractivity contribution in [3.05, 3.63) is 35.9 Å². The number of ether oxygens (including phenoxy) is 1. The Morgan fingerprint density at radius 2 is 2.00 bits per heavy atom. The first kappa shape index (κ1) is 16.8. The third-order valence-corrected chi connectivity index (χ3v) is 3.97. The predicted molar refractivity (Wildman–Crippen MR) is 88.7 cm³/mol. The number of likely N-dealkylation sites (tertiary alicyclic amines) is 1. The first-order valence-corrected chi connectivity index (χ1v) is 8.10. The SMILES string of the molecule is C[C@H]1CN(C(=O)OC(C)(C)C)CC[C@H]1NCc1ccccc1. The molecule has 2 atom stereocenters. The minimum Gasteiger partial charge on any atom is -0.444 e. The molecule has 1 N–H and O–H groups in total. The van der Waals surface area contributed by atoms with Gasteiger partial charge in [-0.2, -0.15) is 0 Å². The van der Waals surface area contributed by atoms with E-state index in [9.17, 15) is 4.79 Å². The standard InChI is InChI=1S/C18H28N2O2/c1-14-13-20(17(21)22-18(2,3)4)11-10-16(14)19-12-15-8-6-5-7-9-15/h5-9,14,16,19H,10-13H2,1-4H3/t14-,16+/m0/s1. The van der Waals surface area contributed by atoms with Crippen molar-refractivity contribution in [3.8, 4) is 0 Å². The number of hydrogen-bond donors (Lipinski definition) is 1. The molecule has 4 nitrogen and oxygen atoms in total. The Morgan fingerprint density at radius 3 is 2.59 bits per heavy atom. The van der Waals surface area contributed by atoms with Crippen molar-refractivity contribution in [1.29, 1.82) is 0 Å². The van der Waals surface area contributed by atoms with E-state index in [4.69, 9.17) is 4.74 Å². The van der Waals surface area contributed by atoms with E-state index in [1.54, 1.807) is 0 Å². The number of rotatable bonds is 3. The Kier molecular flexibility index (Phi) is 5.46. The molecule has 1 aromatic rings. The average Bonchev–Trinajstić information content (AvgIpc) is 2.45. The summed E-state index contributed by atoms with van der Waals surface area (Å²) in [6.45, 7) is 10.3. The van der Waals surface area contributed by atoms with E-state index >= 15 is 0 Å². The van der Waals surface area contributed by atoms with E-state index in [-0.39, 0.29) is 6.09 Å². The van der Waals surface area contributed by atoms with Gasteiger partial charge in [0.05, 0.1) is 0 Å². The molecule has 1 aliphatic rings. The molecule has 1 saturated heterocycles. The number of carbonyl (C=O) groups excluding carboxylic acids is 1. The van der Waals surface area contributed by atoms with Crippen molar-refractivity contribution in [1.82, 2.24) is 10.2 Å². The summed E-state index contributed by atoms with van der Waals surface area (Å²) in [5.74, 6) is 0.421. The highest BCUT2D eigenvalue weighted by Crippen LogP contribution is 2.20. The van der Waals surface area contributed by atoms with Crippen LogP contribution in [-0.4, -0.2) is 35.7 Å². The van der Waals surface area contributed by atoms with Crippen LogP contribution in [0.25, 0.3) is 0 Å². The molecule has 1 aliphatic heterocycles. The number of benzene rings is 1. The number of nitrogens with zero attached hydrogens (tertiary/aromatic N) is 1. The molecule has 0 radical (unpaired) electrons. The van der Waals surface area contributed by atoms with Crippen LogP contribution < -0.4 is 5.32 Å². The molecular formula is C18H28N2O2. The van der Waals surface area contributed by atoms with Crippen LogP contribution in [-0.2, 0) is 11.3 Å². The summed E-state index contributed by atoms with van der Waals surface area (Å²) in [6, 6.07) is 10.9. The zero-order chi connectivity index (χ0) is 16.2. The van der Waals surface area contributed by atoms with Crippen molar-refractivity contribution in [2.75, 3.05) is 13.1 Å². The van der Waals surface area contributed by atoms with E-state index < -0.39 is 5.60 Å². The van der Waals surface area contributed by atoms with Gasteiger partial charge in [0, 0.05) is 25.7 Å². The Bertz CT molecular complexity index is 482. The van der Waals surface area contributed by atoms with E-state index in [1.165, 1.54) is 5.56 Å². The summed E-state index contributed by atoms with van der Waals surface area (Å²) in [5.41, 5.74) is 0.868. The van der Waals surface area contributed by atoms with Crippen molar-refractivity contribution in [3.63, 3.8) is 0 Å². The maximum atomic E-state index is 12.1. The average molecular weight is 304 g/mol. The molecule has 0 unspecified atom stereocenters. The summed E-state index contributed by atoms with van der Waals surface area (Å²) in [7, 11) is 0. The lowest BCUT2D eigenvalue weighted by Crippen LogP contribution is -2.50. The van der Waals surface area contributed by atoms with Gasteiger partial charge in [0.15, 0.2) is 0 Å². The van der Waals surface area contributed by atoms with Crippen LogP contribution in [0.3, 0.4) is 0 Å². The van der Waals surface area contributed by atoms with E-state index in [0.29, 0.717) is 12.0 Å². The van der Waals surface area contributed by atoms with Gasteiger partial charge in [-0.25, -0.2) is 4.79 Å². The summed E-state index contributed by atoms with van der Waals surface area (Å²) in [4.78, 5) is 14.0. The van der Waals surface area contributed by atoms with Crippen molar-refractivity contribution >= 4 is 6.09 Å². The number of carbonyl (C=O) groups is 1. The largest absolute Gasteiger partial charge is 0.444 e. The fraction of sp³-hybridized carbons (Fsp3) is 0.611. The molecule has 4 heteroatoms. The molecule has 0 saturated carbocycles. The quantitative estimate of drug-likeness (QED) is 0.930. The summed E-state index contributed by atoms with van der Waals surface area (Å²) in [5, 5.41) is 3.62. The lowest BCUT2D eigenvalue weighted by Gasteiger charge is -2.38. The first-order valence-electron chi connectivity index (χ1n) is 8.10. The second kappa shape index (κ2) is 7.14. The number of hydrogen-bond acceptors (Lipinski definition) is 3. The van der Waals surface area contributed by atoms with Gasteiger partial charge in [0.25, 0.3) is 0 Å². The van der Waals surface area contributed by atoms with Crippen LogP contribution in [0.1, 0.15) is 39.7 Å². The third kappa shape index (κ3) is 5.02. The Labute approximate surface area is 133 Å². The molecule has 1 amide bonds. The molecular weight excluding hydrogens is 276 g/mol. The van der Waals surface area contributed by atoms with Crippen LogP contribution in [0.15, 0.2) is 30.3 Å². The van der Waals surface area contributed by atoms with Gasteiger partial charge >= 0.3 is 6.09 Å². The van der Waals surface area contributed by atoms with Crippen molar-refractivity contribution in [2.45, 2.75) is 52.3 Å². The molecule has 122 valence electrons. The van der Waals surface area contributed by atoms with Gasteiger partial charge in [-0.1, -0.05) is 37.3 Å². The highest BCUT2D eigenvalue weighted by molar-refractivity contribution is 5.68. The van der Waals surface area contributed by atoms with Gasteiger partial charge in [0.2, 0.25) is 0 Å². The van der Waals surface area contributed by atoms with Crippen molar-refractivity contribution in [2.24, 2.45) is 5.92 Å². The van der Waals surface area contributed by atoms with E-state index in [2.05, 4.69) is 36.5 Å². The van der Waals surface area contributed by atoms with Gasteiger partial charge in [0.1, 0.15) is 5.60 Å². The normalized spacial score (nSPS) is 22.5. The minimum atomic E-state index is -0.428. The zero-order valence-electron chi connectivity index (χ0n) is 14.1. The molecule has 1 heterocycles. The maximum absolute atomic E-state index is 12.1. The first-order chi connectivity index (χ1) is 10.3.